The summed E-state index contributed by atoms with van der Waals surface area (Å²) in [5.74, 6) is 3.24. The van der Waals surface area contributed by atoms with Crippen LogP contribution in [-0.2, 0) is 0 Å². The molecule has 2 fully saturated rings. The van der Waals surface area contributed by atoms with Gasteiger partial charge in [-0.2, -0.15) is 23.5 Å². The van der Waals surface area contributed by atoms with Crippen LogP contribution in [0.15, 0.2) is 36.9 Å². The SMILES string of the molecule is C=CCOc1ccc(C(=O)N[C@@H]2CC[C@H]3SCCS[C@H]23)cc1. The molecule has 0 aromatic heterocycles. The van der Waals surface area contributed by atoms with Crippen LogP contribution in [0.5, 0.6) is 5.75 Å². The van der Waals surface area contributed by atoms with Gasteiger partial charge in [-0.05, 0) is 37.1 Å². The van der Waals surface area contributed by atoms with Crippen molar-refractivity contribution in [2.75, 3.05) is 18.1 Å². The van der Waals surface area contributed by atoms with E-state index in [-0.39, 0.29) is 5.91 Å². The third-order valence-electron chi connectivity index (χ3n) is 4.05. The molecule has 118 valence electrons. The van der Waals surface area contributed by atoms with Gasteiger partial charge >= 0.3 is 0 Å². The molecule has 1 aliphatic heterocycles. The Hall–Kier alpha value is -1.07. The molecule has 0 radical (unpaired) electrons. The van der Waals surface area contributed by atoms with Gasteiger partial charge in [0.05, 0.1) is 0 Å². The summed E-state index contributed by atoms with van der Waals surface area (Å²) < 4.78 is 5.44. The minimum Gasteiger partial charge on any atom is -0.490 e. The number of fused-ring (bicyclic) bond motifs is 1. The summed E-state index contributed by atoms with van der Waals surface area (Å²) >= 11 is 4.10. The number of hydrogen-bond donors (Lipinski definition) is 1. The number of ether oxygens (including phenoxy) is 1. The zero-order valence-electron chi connectivity index (χ0n) is 12.5. The lowest BCUT2D eigenvalue weighted by Gasteiger charge is -2.28. The molecule has 1 aromatic rings. The summed E-state index contributed by atoms with van der Waals surface area (Å²) in [5.41, 5.74) is 0.697. The second-order valence-electron chi connectivity index (χ2n) is 5.53. The summed E-state index contributed by atoms with van der Waals surface area (Å²) in [6.07, 6.45) is 4.03. The predicted octanol–water partition coefficient (Wildman–Crippen LogP) is 3.36. The molecular formula is C17H21NO2S2. The van der Waals surface area contributed by atoms with Gasteiger partial charge in [0.1, 0.15) is 12.4 Å². The zero-order chi connectivity index (χ0) is 15.4. The Labute approximate surface area is 140 Å². The fraction of sp³-hybridized carbons (Fsp3) is 0.471. The van der Waals surface area contributed by atoms with E-state index < -0.39 is 0 Å². The quantitative estimate of drug-likeness (QED) is 0.838. The van der Waals surface area contributed by atoms with Gasteiger partial charge in [-0.15, -0.1) is 0 Å². The highest BCUT2D eigenvalue weighted by Crippen LogP contribution is 2.42. The summed E-state index contributed by atoms with van der Waals surface area (Å²) in [6.45, 7) is 4.10. The molecule has 3 atom stereocenters. The van der Waals surface area contributed by atoms with Crippen LogP contribution in [0, 0.1) is 0 Å². The lowest BCUT2D eigenvalue weighted by molar-refractivity contribution is 0.0938. The number of amides is 1. The molecule has 1 N–H and O–H groups in total. The van der Waals surface area contributed by atoms with Crippen LogP contribution in [0.3, 0.4) is 0 Å². The summed E-state index contributed by atoms with van der Waals surface area (Å²) in [4.78, 5) is 12.4. The van der Waals surface area contributed by atoms with E-state index in [1.807, 2.05) is 36.0 Å². The van der Waals surface area contributed by atoms with Crippen molar-refractivity contribution in [1.82, 2.24) is 5.32 Å². The molecule has 0 unspecified atom stereocenters. The van der Waals surface area contributed by atoms with E-state index in [1.165, 1.54) is 17.9 Å². The number of rotatable bonds is 5. The number of thioether (sulfide) groups is 2. The van der Waals surface area contributed by atoms with Crippen molar-refractivity contribution in [2.45, 2.75) is 29.4 Å². The third kappa shape index (κ3) is 3.63. The number of carbonyl (C=O) groups is 1. The summed E-state index contributed by atoms with van der Waals surface area (Å²) in [7, 11) is 0. The van der Waals surface area contributed by atoms with E-state index >= 15 is 0 Å². The zero-order valence-corrected chi connectivity index (χ0v) is 14.1. The number of benzene rings is 1. The Morgan fingerprint density at radius 1 is 1.27 bits per heavy atom. The molecule has 1 aromatic carbocycles. The molecule has 1 heterocycles. The first-order valence-electron chi connectivity index (χ1n) is 7.66. The second kappa shape index (κ2) is 7.47. The van der Waals surface area contributed by atoms with Crippen LogP contribution in [0.1, 0.15) is 23.2 Å². The first-order chi connectivity index (χ1) is 10.8. The van der Waals surface area contributed by atoms with Crippen LogP contribution in [0.25, 0.3) is 0 Å². The minimum absolute atomic E-state index is 0.0251. The van der Waals surface area contributed by atoms with Crippen LogP contribution in [0.2, 0.25) is 0 Å². The number of nitrogens with one attached hydrogen (secondary N) is 1. The van der Waals surface area contributed by atoms with Gasteiger partial charge in [0.2, 0.25) is 0 Å². The first-order valence-corrected chi connectivity index (χ1v) is 9.75. The maximum Gasteiger partial charge on any atom is 0.251 e. The summed E-state index contributed by atoms with van der Waals surface area (Å²) in [5, 5.41) is 4.53. The largest absolute Gasteiger partial charge is 0.490 e. The van der Waals surface area contributed by atoms with Gasteiger partial charge in [0.25, 0.3) is 5.91 Å². The van der Waals surface area contributed by atoms with E-state index in [0.29, 0.717) is 23.5 Å². The van der Waals surface area contributed by atoms with E-state index in [1.54, 1.807) is 6.08 Å². The van der Waals surface area contributed by atoms with Crippen molar-refractivity contribution in [1.29, 1.82) is 0 Å². The highest BCUT2D eigenvalue weighted by molar-refractivity contribution is 8.07. The molecule has 5 heteroatoms. The van der Waals surface area contributed by atoms with E-state index in [4.69, 9.17) is 4.74 Å². The minimum atomic E-state index is 0.0251. The Morgan fingerprint density at radius 3 is 2.82 bits per heavy atom. The first kappa shape index (κ1) is 15.8. The molecule has 1 saturated carbocycles. The molecule has 3 nitrogen and oxygen atoms in total. The topological polar surface area (TPSA) is 38.3 Å². The molecule has 0 bridgehead atoms. The normalized spacial score (nSPS) is 27.0. The Bertz CT molecular complexity index is 532. The number of carbonyl (C=O) groups excluding carboxylic acids is 1. The van der Waals surface area contributed by atoms with Gasteiger partial charge in [0, 0.05) is 33.6 Å². The Morgan fingerprint density at radius 2 is 2.05 bits per heavy atom. The van der Waals surface area contributed by atoms with Crippen molar-refractivity contribution in [3.63, 3.8) is 0 Å². The maximum atomic E-state index is 12.4. The van der Waals surface area contributed by atoms with Crippen molar-refractivity contribution in [3.05, 3.63) is 42.5 Å². The van der Waals surface area contributed by atoms with Crippen molar-refractivity contribution >= 4 is 29.4 Å². The fourth-order valence-corrected chi connectivity index (χ4v) is 6.27. The molecule has 22 heavy (non-hydrogen) atoms. The Balaban J connectivity index is 1.58. The van der Waals surface area contributed by atoms with Crippen LogP contribution < -0.4 is 10.1 Å². The van der Waals surface area contributed by atoms with Gasteiger partial charge in [-0.25, -0.2) is 0 Å². The maximum absolute atomic E-state index is 12.4. The highest BCUT2D eigenvalue weighted by atomic mass is 32.2. The van der Waals surface area contributed by atoms with Gasteiger partial charge < -0.3 is 10.1 Å². The predicted molar refractivity (Wildman–Crippen MR) is 95.1 cm³/mol. The number of hydrogen-bond acceptors (Lipinski definition) is 4. The van der Waals surface area contributed by atoms with Crippen LogP contribution in [0.4, 0.5) is 0 Å². The molecular weight excluding hydrogens is 314 g/mol. The van der Waals surface area contributed by atoms with Crippen molar-refractivity contribution < 1.29 is 9.53 Å². The van der Waals surface area contributed by atoms with Gasteiger partial charge in [-0.3, -0.25) is 4.79 Å². The van der Waals surface area contributed by atoms with Gasteiger partial charge in [-0.1, -0.05) is 12.7 Å². The average Bonchev–Trinajstić information content (AvgIpc) is 2.96. The lowest BCUT2D eigenvalue weighted by atomic mass is 10.1. The molecule has 1 amide bonds. The second-order valence-corrected chi connectivity index (χ2v) is 8.16. The van der Waals surface area contributed by atoms with Crippen molar-refractivity contribution in [3.8, 4) is 5.75 Å². The van der Waals surface area contributed by atoms with Crippen LogP contribution >= 0.6 is 23.5 Å². The van der Waals surface area contributed by atoms with E-state index in [0.717, 1.165) is 17.4 Å². The van der Waals surface area contributed by atoms with Gasteiger partial charge in [0.15, 0.2) is 0 Å². The molecule has 0 spiro atoms. The van der Waals surface area contributed by atoms with Crippen LogP contribution in [-0.4, -0.2) is 40.6 Å². The molecule has 2 aliphatic rings. The molecule has 1 saturated heterocycles. The molecule has 1 aliphatic carbocycles. The smallest absolute Gasteiger partial charge is 0.251 e. The lowest BCUT2D eigenvalue weighted by Crippen LogP contribution is -2.42. The van der Waals surface area contributed by atoms with Crippen molar-refractivity contribution in [2.24, 2.45) is 0 Å². The molecule has 3 rings (SSSR count). The summed E-state index contributed by atoms with van der Waals surface area (Å²) in [6, 6.07) is 7.63. The fourth-order valence-electron chi connectivity index (χ4n) is 2.98. The Kier molecular flexibility index (Phi) is 5.37. The monoisotopic (exact) mass is 335 g/mol. The third-order valence-corrected chi connectivity index (χ3v) is 7.36. The highest BCUT2D eigenvalue weighted by Gasteiger charge is 2.39. The van der Waals surface area contributed by atoms with E-state index in [9.17, 15) is 4.79 Å². The average molecular weight is 335 g/mol. The van der Waals surface area contributed by atoms with E-state index in [2.05, 4.69) is 23.7 Å². The standard InChI is InChI=1S/C17H21NO2S2/c1-2-9-20-13-5-3-12(4-6-13)17(19)18-14-7-8-15-16(14)22-11-10-21-15/h2-6,14-16H,1,7-11H2,(H,18,19)/t14-,15-,16-/m1/s1.